The van der Waals surface area contributed by atoms with Crippen LogP contribution < -0.4 is 0 Å². The van der Waals surface area contributed by atoms with Gasteiger partial charge >= 0.3 is 0 Å². The van der Waals surface area contributed by atoms with Gasteiger partial charge in [0.25, 0.3) is 0 Å². The van der Waals surface area contributed by atoms with Gasteiger partial charge in [0, 0.05) is 20.4 Å². The zero-order chi connectivity index (χ0) is 17.0. The Hall–Kier alpha value is -2.46. The van der Waals surface area contributed by atoms with Crippen molar-refractivity contribution in [2.24, 2.45) is 0 Å². The molecule has 0 aliphatic rings. The summed E-state index contributed by atoms with van der Waals surface area (Å²) in [6.07, 6.45) is 0. The SMILES string of the molecule is [Pd].[c-]1ccccc1.[c-]1ccccc1.[c-]1ccccc1.[c-]1ccccc1. The van der Waals surface area contributed by atoms with Gasteiger partial charge in [-0.1, -0.05) is 0 Å². The fourth-order valence-electron chi connectivity index (χ4n) is 1.37. The third-order valence-corrected chi connectivity index (χ3v) is 2.43. The zero-order valence-electron chi connectivity index (χ0n) is 13.9. The first-order chi connectivity index (χ1) is 12.0. The van der Waals surface area contributed by atoms with Crippen molar-refractivity contribution in [2.45, 2.75) is 0 Å². The van der Waals surface area contributed by atoms with Crippen LogP contribution in [0.15, 0.2) is 121 Å². The summed E-state index contributed by atoms with van der Waals surface area (Å²) in [6, 6.07) is 50.0. The van der Waals surface area contributed by atoms with Crippen molar-refractivity contribution in [1.29, 1.82) is 0 Å². The molecule has 0 spiro atoms. The summed E-state index contributed by atoms with van der Waals surface area (Å²) >= 11 is 0. The first kappa shape index (κ1) is 22.5. The predicted octanol–water partition coefficient (Wildman–Crippen LogP) is 5.94. The second kappa shape index (κ2) is 19.6. The van der Waals surface area contributed by atoms with Gasteiger partial charge in [0.2, 0.25) is 0 Å². The molecule has 0 heterocycles. The molecule has 130 valence electrons. The van der Waals surface area contributed by atoms with Crippen LogP contribution in [0.2, 0.25) is 0 Å². The summed E-state index contributed by atoms with van der Waals surface area (Å²) in [4.78, 5) is 0. The molecule has 0 saturated heterocycles. The Morgan fingerprint density at radius 1 is 0.240 bits per heavy atom. The Balaban J connectivity index is 0.000000303. The summed E-state index contributed by atoms with van der Waals surface area (Å²) < 4.78 is 0. The monoisotopic (exact) mass is 414 g/mol. The van der Waals surface area contributed by atoms with Crippen LogP contribution in [0.3, 0.4) is 0 Å². The molecule has 0 saturated carbocycles. The van der Waals surface area contributed by atoms with Crippen LogP contribution in [0, 0.1) is 24.3 Å². The normalized spacial score (nSPS) is 7.68. The van der Waals surface area contributed by atoms with Gasteiger partial charge in [0.05, 0.1) is 0 Å². The third-order valence-electron chi connectivity index (χ3n) is 2.43. The minimum absolute atomic E-state index is 0. The van der Waals surface area contributed by atoms with Crippen LogP contribution >= 0.6 is 0 Å². The van der Waals surface area contributed by atoms with Gasteiger partial charge < -0.3 is 0 Å². The van der Waals surface area contributed by atoms with E-state index in [9.17, 15) is 0 Å². The van der Waals surface area contributed by atoms with Gasteiger partial charge in [-0.05, 0) is 0 Å². The predicted molar refractivity (Wildman–Crippen MR) is 101 cm³/mol. The van der Waals surface area contributed by atoms with Crippen LogP contribution in [0.25, 0.3) is 0 Å². The van der Waals surface area contributed by atoms with E-state index in [4.69, 9.17) is 0 Å². The van der Waals surface area contributed by atoms with E-state index >= 15 is 0 Å². The van der Waals surface area contributed by atoms with E-state index in [0.29, 0.717) is 0 Å². The van der Waals surface area contributed by atoms with Gasteiger partial charge in [-0.2, -0.15) is 146 Å². The second-order valence-corrected chi connectivity index (χ2v) is 4.31. The fourth-order valence-corrected chi connectivity index (χ4v) is 1.37. The molecule has 4 rings (SSSR count). The molecule has 0 aliphatic carbocycles. The molecule has 4 aromatic carbocycles. The molecule has 0 N–H and O–H groups in total. The molecule has 1 heteroatoms. The standard InChI is InChI=1S/4C6H5.Pd/c4*1-2-4-6-5-3-1;/h4*1-5H;/q4*-1;. The average Bonchev–Trinajstić information content (AvgIpc) is 2.75. The summed E-state index contributed by atoms with van der Waals surface area (Å²) in [5.41, 5.74) is 0. The van der Waals surface area contributed by atoms with Gasteiger partial charge in [-0.15, -0.1) is 0 Å². The van der Waals surface area contributed by atoms with Crippen LogP contribution in [-0.4, -0.2) is 0 Å². The number of hydrogen-bond donors (Lipinski definition) is 0. The van der Waals surface area contributed by atoms with E-state index in [1.807, 2.05) is 121 Å². The third kappa shape index (κ3) is 17.7. The quantitative estimate of drug-likeness (QED) is 0.246. The van der Waals surface area contributed by atoms with Crippen molar-refractivity contribution in [1.82, 2.24) is 0 Å². The molecule has 0 unspecified atom stereocenters. The van der Waals surface area contributed by atoms with Gasteiger partial charge in [-0.3, -0.25) is 0 Å². The van der Waals surface area contributed by atoms with Crippen LogP contribution in [-0.2, 0) is 20.4 Å². The van der Waals surface area contributed by atoms with Crippen LogP contribution in [0.1, 0.15) is 0 Å². The second-order valence-electron chi connectivity index (χ2n) is 4.31. The smallest absolute Gasteiger partial charge is 0 e. The van der Waals surface area contributed by atoms with Gasteiger partial charge in [0.1, 0.15) is 0 Å². The van der Waals surface area contributed by atoms with Crippen molar-refractivity contribution >= 4 is 0 Å². The van der Waals surface area contributed by atoms with Gasteiger partial charge in [-0.25, -0.2) is 0 Å². The average molecular weight is 415 g/mol. The maximum Gasteiger partial charge on any atom is 0 e. The van der Waals surface area contributed by atoms with Crippen molar-refractivity contribution in [3.05, 3.63) is 146 Å². The molecule has 0 amide bonds. The molecule has 0 fully saturated rings. The van der Waals surface area contributed by atoms with E-state index in [2.05, 4.69) is 24.3 Å². The maximum atomic E-state index is 2.89. The molecule has 0 aliphatic heterocycles. The fraction of sp³-hybridized carbons (Fsp3) is 0. The van der Waals surface area contributed by atoms with E-state index < -0.39 is 0 Å². The molecule has 0 atom stereocenters. The topological polar surface area (TPSA) is 0 Å². The molecule has 0 aromatic heterocycles. The first-order valence-electron chi connectivity index (χ1n) is 7.64. The Bertz CT molecular complexity index is 420. The van der Waals surface area contributed by atoms with Crippen molar-refractivity contribution in [3.8, 4) is 0 Å². The molecule has 0 bridgehead atoms. The Morgan fingerprint density at radius 3 is 0.440 bits per heavy atom. The maximum absolute atomic E-state index is 2.89. The van der Waals surface area contributed by atoms with Crippen molar-refractivity contribution in [2.75, 3.05) is 0 Å². The summed E-state index contributed by atoms with van der Waals surface area (Å²) in [7, 11) is 0. The van der Waals surface area contributed by atoms with Gasteiger partial charge in [0.15, 0.2) is 0 Å². The number of hydrogen-bond acceptors (Lipinski definition) is 0. The van der Waals surface area contributed by atoms with Crippen molar-refractivity contribution < 1.29 is 20.4 Å². The van der Waals surface area contributed by atoms with E-state index in [-0.39, 0.29) is 20.4 Å². The van der Waals surface area contributed by atoms with Crippen molar-refractivity contribution in [3.63, 3.8) is 0 Å². The first-order valence-corrected chi connectivity index (χ1v) is 7.64. The Kier molecular flexibility index (Phi) is 17.7. The summed E-state index contributed by atoms with van der Waals surface area (Å²) in [5.74, 6) is 0. The largest absolute Gasteiger partial charge is 0.184 e. The Morgan fingerprint density at radius 2 is 0.400 bits per heavy atom. The minimum Gasteiger partial charge on any atom is -0.184 e. The molecule has 0 nitrogen and oxygen atoms in total. The molecular formula is C24H20Pd-4. The summed E-state index contributed by atoms with van der Waals surface area (Å²) in [6.45, 7) is 0. The van der Waals surface area contributed by atoms with E-state index in [1.54, 1.807) is 0 Å². The minimum atomic E-state index is 0. The van der Waals surface area contributed by atoms with E-state index in [0.717, 1.165) is 0 Å². The Labute approximate surface area is 165 Å². The number of benzene rings is 4. The summed E-state index contributed by atoms with van der Waals surface area (Å²) in [5, 5.41) is 0. The number of rotatable bonds is 0. The zero-order valence-corrected chi connectivity index (χ0v) is 15.4. The van der Waals surface area contributed by atoms with Crippen LogP contribution in [0.5, 0.6) is 0 Å². The molecule has 4 aromatic rings. The molecule has 25 heavy (non-hydrogen) atoms. The van der Waals surface area contributed by atoms with E-state index in [1.165, 1.54) is 0 Å². The molecular weight excluding hydrogens is 395 g/mol. The molecule has 0 radical (unpaired) electrons. The van der Waals surface area contributed by atoms with Crippen LogP contribution in [0.4, 0.5) is 0 Å².